The zero-order chi connectivity index (χ0) is 13.3. The highest BCUT2D eigenvalue weighted by molar-refractivity contribution is 7.71. The van der Waals surface area contributed by atoms with Gasteiger partial charge in [-0.3, -0.25) is 0 Å². The first-order valence-electron chi connectivity index (χ1n) is 5.44. The number of ether oxygens (including phenoxy) is 2. The average Bonchev–Trinajstić information content (AvgIpc) is 2.71. The molecule has 0 saturated heterocycles. The van der Waals surface area contributed by atoms with E-state index in [0.29, 0.717) is 4.77 Å². The molecule has 0 aliphatic heterocycles. The van der Waals surface area contributed by atoms with Crippen molar-refractivity contribution in [1.82, 2.24) is 9.55 Å². The molecule has 96 valence electrons. The third kappa shape index (κ3) is 1.99. The van der Waals surface area contributed by atoms with Crippen molar-refractivity contribution in [1.29, 1.82) is 0 Å². The maximum Gasteiger partial charge on any atom is 0.328 e. The van der Waals surface area contributed by atoms with E-state index in [-0.39, 0.29) is 5.97 Å². The second-order valence-corrected chi connectivity index (χ2v) is 4.27. The SMILES string of the molecule is COC(=O)C(C)n1c(=S)[nH]c2cc(OC)ccc21. The van der Waals surface area contributed by atoms with Crippen LogP contribution in [0.5, 0.6) is 5.75 Å². The van der Waals surface area contributed by atoms with Gasteiger partial charge in [0.15, 0.2) is 4.77 Å². The third-order valence-corrected chi connectivity index (χ3v) is 3.15. The predicted molar refractivity (Wildman–Crippen MR) is 70.4 cm³/mol. The van der Waals surface area contributed by atoms with Gasteiger partial charge in [-0.25, -0.2) is 4.79 Å². The molecule has 6 heteroatoms. The number of aromatic amines is 1. The van der Waals surface area contributed by atoms with Crippen LogP contribution in [0.25, 0.3) is 11.0 Å². The number of aromatic nitrogens is 2. The fourth-order valence-electron chi connectivity index (χ4n) is 1.90. The van der Waals surface area contributed by atoms with Gasteiger partial charge in [0.25, 0.3) is 0 Å². The summed E-state index contributed by atoms with van der Waals surface area (Å²) in [7, 11) is 2.96. The van der Waals surface area contributed by atoms with Gasteiger partial charge in [0.1, 0.15) is 11.8 Å². The molecule has 0 amide bonds. The summed E-state index contributed by atoms with van der Waals surface area (Å²) in [4.78, 5) is 14.7. The van der Waals surface area contributed by atoms with Crippen LogP contribution in [0.4, 0.5) is 0 Å². The topological polar surface area (TPSA) is 56.2 Å². The molecule has 0 spiro atoms. The quantitative estimate of drug-likeness (QED) is 0.685. The van der Waals surface area contributed by atoms with Crippen LogP contribution in [0.15, 0.2) is 18.2 Å². The van der Waals surface area contributed by atoms with E-state index in [1.165, 1.54) is 7.11 Å². The van der Waals surface area contributed by atoms with Gasteiger partial charge >= 0.3 is 5.97 Å². The van der Waals surface area contributed by atoms with E-state index in [2.05, 4.69) is 4.98 Å². The molecule has 0 saturated carbocycles. The summed E-state index contributed by atoms with van der Waals surface area (Å²) in [5.74, 6) is 0.402. The van der Waals surface area contributed by atoms with Gasteiger partial charge in [0.05, 0.1) is 25.3 Å². The summed E-state index contributed by atoms with van der Waals surface area (Å²) in [5.41, 5.74) is 1.67. The van der Waals surface area contributed by atoms with Gasteiger partial charge in [-0.05, 0) is 31.3 Å². The lowest BCUT2D eigenvalue weighted by Crippen LogP contribution is -2.17. The van der Waals surface area contributed by atoms with Gasteiger partial charge < -0.3 is 19.0 Å². The van der Waals surface area contributed by atoms with Crippen molar-refractivity contribution in [2.24, 2.45) is 0 Å². The summed E-state index contributed by atoms with van der Waals surface area (Å²) in [5, 5.41) is 0. The lowest BCUT2D eigenvalue weighted by Gasteiger charge is -2.11. The van der Waals surface area contributed by atoms with Crippen LogP contribution in [-0.4, -0.2) is 29.7 Å². The minimum absolute atomic E-state index is 0.331. The second-order valence-electron chi connectivity index (χ2n) is 3.88. The normalized spacial score (nSPS) is 12.4. The minimum atomic E-state index is -0.468. The van der Waals surface area contributed by atoms with Gasteiger partial charge in [0, 0.05) is 6.07 Å². The number of esters is 1. The summed E-state index contributed by atoms with van der Waals surface area (Å²) >= 11 is 5.23. The van der Waals surface area contributed by atoms with Crippen LogP contribution in [0.1, 0.15) is 13.0 Å². The van der Waals surface area contributed by atoms with E-state index < -0.39 is 6.04 Å². The molecule has 0 fully saturated rings. The van der Waals surface area contributed by atoms with Crippen molar-refractivity contribution in [3.05, 3.63) is 23.0 Å². The molecule has 0 aliphatic carbocycles. The number of imidazole rings is 1. The minimum Gasteiger partial charge on any atom is -0.497 e. The van der Waals surface area contributed by atoms with Gasteiger partial charge in [-0.15, -0.1) is 0 Å². The maximum absolute atomic E-state index is 11.6. The van der Waals surface area contributed by atoms with E-state index >= 15 is 0 Å². The third-order valence-electron chi connectivity index (χ3n) is 2.85. The summed E-state index contributed by atoms with van der Waals surface area (Å²) in [6, 6.07) is 5.06. The fourth-order valence-corrected chi connectivity index (χ4v) is 2.26. The Morgan fingerprint density at radius 3 is 2.78 bits per heavy atom. The molecule has 0 bridgehead atoms. The van der Waals surface area contributed by atoms with Gasteiger partial charge in [-0.1, -0.05) is 0 Å². The van der Waals surface area contributed by atoms with Gasteiger partial charge in [-0.2, -0.15) is 0 Å². The van der Waals surface area contributed by atoms with Crippen molar-refractivity contribution in [3.8, 4) is 5.75 Å². The van der Waals surface area contributed by atoms with Crippen molar-refractivity contribution in [3.63, 3.8) is 0 Å². The largest absolute Gasteiger partial charge is 0.497 e. The van der Waals surface area contributed by atoms with E-state index in [9.17, 15) is 4.79 Å². The smallest absolute Gasteiger partial charge is 0.328 e. The number of rotatable bonds is 3. The number of hydrogen-bond acceptors (Lipinski definition) is 4. The Balaban J connectivity index is 2.61. The number of methoxy groups -OCH3 is 2. The molecule has 1 heterocycles. The van der Waals surface area contributed by atoms with Crippen LogP contribution in [0.2, 0.25) is 0 Å². The predicted octanol–water partition coefficient (Wildman–Crippen LogP) is 2.44. The Morgan fingerprint density at radius 1 is 1.44 bits per heavy atom. The molecule has 1 N–H and O–H groups in total. The van der Waals surface area contributed by atoms with Crippen molar-refractivity contribution >= 4 is 29.2 Å². The van der Waals surface area contributed by atoms with Gasteiger partial charge in [0.2, 0.25) is 0 Å². The highest BCUT2D eigenvalue weighted by Crippen LogP contribution is 2.23. The van der Waals surface area contributed by atoms with Crippen molar-refractivity contribution in [2.45, 2.75) is 13.0 Å². The number of benzene rings is 1. The molecule has 1 unspecified atom stereocenters. The van der Waals surface area contributed by atoms with E-state index in [1.807, 2.05) is 18.2 Å². The van der Waals surface area contributed by atoms with Crippen LogP contribution < -0.4 is 4.74 Å². The molecule has 5 nitrogen and oxygen atoms in total. The van der Waals surface area contributed by atoms with E-state index in [0.717, 1.165) is 16.8 Å². The number of carbonyl (C=O) groups is 1. The van der Waals surface area contributed by atoms with E-state index in [4.69, 9.17) is 21.7 Å². The van der Waals surface area contributed by atoms with Crippen molar-refractivity contribution < 1.29 is 14.3 Å². The number of nitrogens with one attached hydrogen (secondary N) is 1. The first kappa shape index (κ1) is 12.6. The first-order valence-corrected chi connectivity index (χ1v) is 5.85. The lowest BCUT2D eigenvalue weighted by atomic mass is 10.2. The number of hydrogen-bond donors (Lipinski definition) is 1. The Labute approximate surface area is 109 Å². The first-order chi connectivity index (χ1) is 8.58. The number of carbonyl (C=O) groups excluding carboxylic acids is 1. The molecular formula is C12H14N2O3S. The Hall–Kier alpha value is -1.82. The summed E-state index contributed by atoms with van der Waals surface area (Å²) < 4.78 is 12.1. The Kier molecular flexibility index (Phi) is 3.38. The summed E-state index contributed by atoms with van der Waals surface area (Å²) in [6.07, 6.45) is 0. The zero-order valence-corrected chi connectivity index (χ0v) is 11.2. The highest BCUT2D eigenvalue weighted by atomic mass is 32.1. The maximum atomic E-state index is 11.6. The monoisotopic (exact) mass is 266 g/mol. The lowest BCUT2D eigenvalue weighted by molar-refractivity contribution is -0.143. The molecule has 2 aromatic rings. The Bertz CT molecular complexity index is 644. The molecule has 1 aromatic heterocycles. The molecule has 2 rings (SSSR count). The number of H-pyrrole nitrogens is 1. The molecule has 0 radical (unpaired) electrons. The van der Waals surface area contributed by atoms with Crippen LogP contribution in [0, 0.1) is 4.77 Å². The highest BCUT2D eigenvalue weighted by Gasteiger charge is 2.19. The fraction of sp³-hybridized carbons (Fsp3) is 0.333. The Morgan fingerprint density at radius 2 is 2.17 bits per heavy atom. The molecule has 1 aromatic carbocycles. The number of nitrogens with zero attached hydrogens (tertiary/aromatic N) is 1. The molecule has 1 atom stereocenters. The van der Waals surface area contributed by atoms with Crippen LogP contribution in [0.3, 0.4) is 0 Å². The zero-order valence-electron chi connectivity index (χ0n) is 10.4. The average molecular weight is 266 g/mol. The van der Waals surface area contributed by atoms with Crippen LogP contribution in [-0.2, 0) is 9.53 Å². The van der Waals surface area contributed by atoms with Crippen LogP contribution >= 0.6 is 12.2 Å². The molecule has 0 aliphatic rings. The molecular weight excluding hydrogens is 252 g/mol. The standard InChI is InChI=1S/C12H14N2O3S/c1-7(11(15)17-3)14-10-5-4-8(16-2)6-9(10)13-12(14)18/h4-7H,1-3H3,(H,13,18). The van der Waals surface area contributed by atoms with Crippen molar-refractivity contribution in [2.75, 3.05) is 14.2 Å². The summed E-state index contributed by atoms with van der Waals surface area (Å²) in [6.45, 7) is 1.75. The number of fused-ring (bicyclic) bond motifs is 1. The van der Waals surface area contributed by atoms with E-state index in [1.54, 1.807) is 18.6 Å². The second kappa shape index (κ2) is 4.81. The molecule has 18 heavy (non-hydrogen) atoms.